The molecule has 1 heterocycles. The van der Waals surface area contributed by atoms with E-state index in [1.807, 2.05) is 13.8 Å². The molecule has 0 fully saturated rings. The van der Waals surface area contributed by atoms with Crippen molar-refractivity contribution in [3.63, 3.8) is 0 Å². The zero-order valence-electron chi connectivity index (χ0n) is 18.4. The highest BCUT2D eigenvalue weighted by Crippen LogP contribution is 2.44. The van der Waals surface area contributed by atoms with E-state index in [9.17, 15) is 9.59 Å². The zero-order valence-corrected chi connectivity index (χ0v) is 18.4. The van der Waals surface area contributed by atoms with Gasteiger partial charge < -0.3 is 23.7 Å². The quantitative estimate of drug-likeness (QED) is 0.426. The molecule has 2 rings (SSSR count). The maximum atomic E-state index is 12.6. The molecular weight excluding hydrogens is 388 g/mol. The van der Waals surface area contributed by atoms with Crippen LogP contribution < -0.4 is 14.2 Å². The Hall–Kier alpha value is -2.96. The molecule has 1 aliphatic rings. The summed E-state index contributed by atoms with van der Waals surface area (Å²) in [7, 11) is 1.51. The summed E-state index contributed by atoms with van der Waals surface area (Å²) in [5, 5.41) is 0. The Bertz CT molecular complexity index is 838. The lowest BCUT2D eigenvalue weighted by Crippen LogP contribution is -2.27. The van der Waals surface area contributed by atoms with Gasteiger partial charge in [-0.1, -0.05) is 26.0 Å². The first-order valence-electron chi connectivity index (χ1n) is 10.0. The Morgan fingerprint density at radius 1 is 1.03 bits per heavy atom. The van der Waals surface area contributed by atoms with E-state index >= 15 is 0 Å². The summed E-state index contributed by atoms with van der Waals surface area (Å²) in [5.41, 5.74) is 1.56. The summed E-state index contributed by atoms with van der Waals surface area (Å²) in [6.07, 6.45) is 3.38. The second-order valence-electron chi connectivity index (χ2n) is 6.98. The maximum Gasteiger partial charge on any atom is 0.334 e. The molecule has 30 heavy (non-hydrogen) atoms. The van der Waals surface area contributed by atoms with E-state index in [0.717, 1.165) is 0 Å². The standard InChI is InChI=1S/C23H30O7/c1-7-9-14(3)22(24)29-16(5)20(30-23(25)15(4)10-8-2)17-11-18(26-6)21-19(12-17)27-13-28-21/h9-12,16,20H,7-8,13H2,1-6H3. The van der Waals surface area contributed by atoms with Crippen molar-refractivity contribution in [1.29, 1.82) is 0 Å². The molecule has 1 aromatic carbocycles. The lowest BCUT2D eigenvalue weighted by Gasteiger charge is -2.25. The minimum atomic E-state index is -0.862. The Morgan fingerprint density at radius 2 is 1.63 bits per heavy atom. The second-order valence-corrected chi connectivity index (χ2v) is 6.98. The lowest BCUT2D eigenvalue weighted by molar-refractivity contribution is -0.162. The van der Waals surface area contributed by atoms with Gasteiger partial charge in [-0.3, -0.25) is 0 Å². The van der Waals surface area contributed by atoms with E-state index in [-0.39, 0.29) is 6.79 Å². The highest BCUT2D eigenvalue weighted by Gasteiger charge is 2.31. The van der Waals surface area contributed by atoms with Crippen LogP contribution in [0.1, 0.15) is 59.1 Å². The van der Waals surface area contributed by atoms with Gasteiger partial charge in [0.15, 0.2) is 17.6 Å². The summed E-state index contributed by atoms with van der Waals surface area (Å²) in [4.78, 5) is 25.0. The van der Waals surface area contributed by atoms with Crippen LogP contribution in [0.25, 0.3) is 0 Å². The van der Waals surface area contributed by atoms with E-state index in [0.29, 0.717) is 46.8 Å². The number of hydrogen-bond donors (Lipinski definition) is 0. The van der Waals surface area contributed by atoms with E-state index in [4.69, 9.17) is 23.7 Å². The third-order valence-corrected chi connectivity index (χ3v) is 4.63. The minimum absolute atomic E-state index is 0.0729. The molecule has 1 aromatic rings. The normalized spacial score (nSPS) is 15.4. The van der Waals surface area contributed by atoms with E-state index < -0.39 is 24.1 Å². The van der Waals surface area contributed by atoms with Crippen LogP contribution in [-0.2, 0) is 19.1 Å². The summed E-state index contributed by atoms with van der Waals surface area (Å²) < 4.78 is 27.7. The molecule has 0 saturated heterocycles. The van der Waals surface area contributed by atoms with Crippen molar-refractivity contribution < 1.29 is 33.3 Å². The van der Waals surface area contributed by atoms with Gasteiger partial charge in [0.2, 0.25) is 12.5 Å². The first-order valence-corrected chi connectivity index (χ1v) is 10.0. The monoisotopic (exact) mass is 418 g/mol. The average molecular weight is 418 g/mol. The highest BCUT2D eigenvalue weighted by molar-refractivity contribution is 5.88. The van der Waals surface area contributed by atoms with Gasteiger partial charge in [-0.25, -0.2) is 9.59 Å². The van der Waals surface area contributed by atoms with E-state index in [2.05, 4.69) is 0 Å². The van der Waals surface area contributed by atoms with Crippen molar-refractivity contribution in [1.82, 2.24) is 0 Å². The van der Waals surface area contributed by atoms with Crippen LogP contribution in [0, 0.1) is 0 Å². The first kappa shape index (κ1) is 23.3. The fourth-order valence-corrected chi connectivity index (χ4v) is 3.06. The van der Waals surface area contributed by atoms with Gasteiger partial charge >= 0.3 is 11.9 Å². The molecule has 0 aliphatic carbocycles. The van der Waals surface area contributed by atoms with E-state index in [1.165, 1.54) is 7.11 Å². The number of allylic oxidation sites excluding steroid dienone is 2. The maximum absolute atomic E-state index is 12.6. The summed E-state index contributed by atoms with van der Waals surface area (Å²) in [6.45, 7) is 9.01. The summed E-state index contributed by atoms with van der Waals surface area (Å²) >= 11 is 0. The van der Waals surface area contributed by atoms with Crippen LogP contribution in [0.4, 0.5) is 0 Å². The van der Waals surface area contributed by atoms with Crippen LogP contribution >= 0.6 is 0 Å². The molecular formula is C23H30O7. The SMILES string of the molecule is CCC=C(C)C(=O)OC(C)C(OC(=O)C(C)=CCC)c1cc(OC)c2c(c1)OCO2. The number of hydrogen-bond acceptors (Lipinski definition) is 7. The van der Waals surface area contributed by atoms with Gasteiger partial charge in [0.1, 0.15) is 6.10 Å². The van der Waals surface area contributed by atoms with E-state index in [1.54, 1.807) is 45.1 Å². The Labute approximate surface area is 177 Å². The molecule has 0 radical (unpaired) electrons. The zero-order chi connectivity index (χ0) is 22.3. The molecule has 2 atom stereocenters. The topological polar surface area (TPSA) is 80.3 Å². The van der Waals surface area contributed by atoms with Gasteiger partial charge in [-0.05, 0) is 45.7 Å². The molecule has 0 bridgehead atoms. The van der Waals surface area contributed by atoms with Gasteiger partial charge in [-0.2, -0.15) is 0 Å². The fourth-order valence-electron chi connectivity index (χ4n) is 3.06. The third-order valence-electron chi connectivity index (χ3n) is 4.63. The molecule has 0 spiro atoms. The second kappa shape index (κ2) is 10.7. The molecule has 0 amide bonds. The average Bonchev–Trinajstić information content (AvgIpc) is 3.19. The number of methoxy groups -OCH3 is 1. The highest BCUT2D eigenvalue weighted by atomic mass is 16.7. The van der Waals surface area contributed by atoms with Crippen LogP contribution in [0.3, 0.4) is 0 Å². The minimum Gasteiger partial charge on any atom is -0.493 e. The molecule has 0 N–H and O–H groups in total. The molecule has 0 aromatic heterocycles. The number of carbonyl (C=O) groups is 2. The van der Waals surface area contributed by atoms with Gasteiger partial charge in [0, 0.05) is 16.7 Å². The predicted octanol–water partition coefficient (Wildman–Crippen LogP) is 4.65. The van der Waals surface area contributed by atoms with Crippen molar-refractivity contribution in [3.05, 3.63) is 41.0 Å². The van der Waals surface area contributed by atoms with Crippen molar-refractivity contribution in [2.24, 2.45) is 0 Å². The predicted molar refractivity (Wildman–Crippen MR) is 112 cm³/mol. The lowest BCUT2D eigenvalue weighted by atomic mass is 10.0. The smallest absolute Gasteiger partial charge is 0.334 e. The molecule has 7 nitrogen and oxygen atoms in total. The Kier molecular flexibility index (Phi) is 8.33. The van der Waals surface area contributed by atoms with Crippen molar-refractivity contribution >= 4 is 11.9 Å². The van der Waals surface area contributed by atoms with Crippen LogP contribution in [0.2, 0.25) is 0 Å². The van der Waals surface area contributed by atoms with Crippen molar-refractivity contribution in [3.8, 4) is 17.2 Å². The fraction of sp³-hybridized carbons (Fsp3) is 0.478. The molecule has 164 valence electrons. The molecule has 2 unspecified atom stereocenters. The first-order chi connectivity index (χ1) is 14.3. The number of benzene rings is 1. The number of rotatable bonds is 9. The van der Waals surface area contributed by atoms with Gasteiger partial charge in [0.25, 0.3) is 0 Å². The Morgan fingerprint density at radius 3 is 2.20 bits per heavy atom. The summed E-state index contributed by atoms with van der Waals surface area (Å²) in [6, 6.07) is 3.41. The molecule has 1 aliphatic heterocycles. The van der Waals surface area contributed by atoms with Gasteiger partial charge in [-0.15, -0.1) is 0 Å². The molecule has 7 heteroatoms. The van der Waals surface area contributed by atoms with Crippen molar-refractivity contribution in [2.75, 3.05) is 13.9 Å². The number of esters is 2. The number of ether oxygens (including phenoxy) is 5. The third kappa shape index (κ3) is 5.55. The van der Waals surface area contributed by atoms with Gasteiger partial charge in [0.05, 0.1) is 7.11 Å². The van der Waals surface area contributed by atoms with Crippen LogP contribution in [-0.4, -0.2) is 31.9 Å². The number of carbonyl (C=O) groups excluding carboxylic acids is 2. The van der Waals surface area contributed by atoms with Crippen LogP contribution in [0.15, 0.2) is 35.4 Å². The summed E-state index contributed by atoms with van der Waals surface area (Å²) in [5.74, 6) is 0.468. The molecule has 0 saturated carbocycles. The van der Waals surface area contributed by atoms with Crippen molar-refractivity contribution in [2.45, 2.75) is 59.7 Å². The Balaban J connectivity index is 2.39. The van der Waals surface area contributed by atoms with Crippen LogP contribution in [0.5, 0.6) is 17.2 Å². The number of fused-ring (bicyclic) bond motifs is 1. The largest absolute Gasteiger partial charge is 0.493 e.